The molecule has 1 saturated carbocycles. The van der Waals surface area contributed by atoms with E-state index in [4.69, 9.17) is 11.5 Å². The zero-order chi connectivity index (χ0) is 9.97. The fourth-order valence-corrected chi connectivity index (χ4v) is 2.22. The fraction of sp³-hybridized carbons (Fsp3) is 0.700. The predicted molar refractivity (Wildman–Crippen MR) is 57.8 cm³/mol. The highest BCUT2D eigenvalue weighted by Gasteiger charge is 2.16. The second-order valence-electron chi connectivity index (χ2n) is 4.08. The van der Waals surface area contributed by atoms with Gasteiger partial charge in [0, 0.05) is 6.07 Å². The lowest BCUT2D eigenvalue weighted by Gasteiger charge is -2.15. The summed E-state index contributed by atoms with van der Waals surface area (Å²) in [6.45, 7) is 0. The van der Waals surface area contributed by atoms with E-state index < -0.39 is 0 Å². The van der Waals surface area contributed by atoms with Crippen LogP contribution in [0.5, 0.6) is 0 Å². The van der Waals surface area contributed by atoms with Crippen LogP contribution < -0.4 is 11.5 Å². The van der Waals surface area contributed by atoms with Gasteiger partial charge in [0.15, 0.2) is 0 Å². The van der Waals surface area contributed by atoms with Crippen LogP contribution in [0.15, 0.2) is 6.07 Å². The van der Waals surface area contributed by atoms with Gasteiger partial charge in [0.25, 0.3) is 0 Å². The number of anilines is 2. The molecule has 0 bridgehead atoms. The molecule has 1 heterocycles. The first-order chi connectivity index (χ1) is 6.77. The van der Waals surface area contributed by atoms with Crippen molar-refractivity contribution in [3.05, 3.63) is 6.07 Å². The van der Waals surface area contributed by atoms with Crippen molar-refractivity contribution >= 4 is 11.6 Å². The molecule has 1 aromatic rings. The first-order valence-electron chi connectivity index (χ1n) is 5.38. The molecule has 0 aliphatic heterocycles. The summed E-state index contributed by atoms with van der Waals surface area (Å²) in [5.74, 6) is 1.24. The van der Waals surface area contributed by atoms with Gasteiger partial charge < -0.3 is 11.5 Å². The summed E-state index contributed by atoms with van der Waals surface area (Å²) in [7, 11) is 0. The first kappa shape index (κ1) is 9.37. The lowest BCUT2D eigenvalue weighted by atomic mass is 10.1. The molecule has 78 valence electrons. The van der Waals surface area contributed by atoms with Crippen LogP contribution in [0.3, 0.4) is 0 Å². The van der Waals surface area contributed by atoms with Crippen molar-refractivity contribution in [2.75, 3.05) is 11.5 Å². The molecule has 14 heavy (non-hydrogen) atoms. The van der Waals surface area contributed by atoms with E-state index in [1.54, 1.807) is 6.07 Å². The third kappa shape index (κ3) is 1.84. The Morgan fingerprint density at radius 1 is 1.14 bits per heavy atom. The molecule has 0 radical (unpaired) electrons. The standard InChI is InChI=1S/C10H18N4/c11-9-7-10(12)14(13-9)8-5-3-1-2-4-6-8/h7-8H,1-6,12H2,(H2,11,13). The molecule has 0 atom stereocenters. The van der Waals surface area contributed by atoms with Crippen molar-refractivity contribution in [3.8, 4) is 0 Å². The molecule has 4 heteroatoms. The maximum absolute atomic E-state index is 5.84. The smallest absolute Gasteiger partial charge is 0.147 e. The minimum absolute atomic E-state index is 0.467. The zero-order valence-electron chi connectivity index (χ0n) is 8.45. The number of nitrogen functional groups attached to an aromatic ring is 2. The van der Waals surface area contributed by atoms with Crippen LogP contribution in [0.4, 0.5) is 11.6 Å². The van der Waals surface area contributed by atoms with Gasteiger partial charge in [-0.3, -0.25) is 0 Å². The Balaban J connectivity index is 2.15. The second-order valence-corrected chi connectivity index (χ2v) is 4.08. The number of aromatic nitrogens is 2. The number of hydrogen-bond acceptors (Lipinski definition) is 3. The van der Waals surface area contributed by atoms with Crippen LogP contribution in [-0.2, 0) is 0 Å². The SMILES string of the molecule is Nc1cc(N)n(C2CCCCCC2)n1. The highest BCUT2D eigenvalue weighted by Crippen LogP contribution is 2.28. The Morgan fingerprint density at radius 3 is 2.29 bits per heavy atom. The second kappa shape index (κ2) is 3.90. The van der Waals surface area contributed by atoms with Gasteiger partial charge in [-0.05, 0) is 12.8 Å². The van der Waals surface area contributed by atoms with E-state index in [9.17, 15) is 0 Å². The van der Waals surface area contributed by atoms with E-state index in [2.05, 4.69) is 5.10 Å². The molecule has 0 aromatic carbocycles. The highest BCUT2D eigenvalue weighted by molar-refractivity contribution is 5.42. The average Bonchev–Trinajstić information content (AvgIpc) is 2.43. The van der Waals surface area contributed by atoms with Gasteiger partial charge >= 0.3 is 0 Å². The fourth-order valence-electron chi connectivity index (χ4n) is 2.22. The van der Waals surface area contributed by atoms with Crippen molar-refractivity contribution in [1.29, 1.82) is 0 Å². The van der Waals surface area contributed by atoms with E-state index in [-0.39, 0.29) is 0 Å². The molecule has 1 aromatic heterocycles. The molecule has 2 rings (SSSR count). The lowest BCUT2D eigenvalue weighted by molar-refractivity contribution is 0.412. The molecule has 1 aliphatic carbocycles. The molecule has 0 spiro atoms. The van der Waals surface area contributed by atoms with Crippen LogP contribution in [0.2, 0.25) is 0 Å². The van der Waals surface area contributed by atoms with Gasteiger partial charge in [0.05, 0.1) is 6.04 Å². The monoisotopic (exact) mass is 194 g/mol. The summed E-state index contributed by atoms with van der Waals surface area (Å²) in [4.78, 5) is 0. The van der Waals surface area contributed by atoms with Gasteiger partial charge in [0.2, 0.25) is 0 Å². The Morgan fingerprint density at radius 2 is 1.79 bits per heavy atom. The Kier molecular flexibility index (Phi) is 2.61. The van der Waals surface area contributed by atoms with Crippen LogP contribution in [-0.4, -0.2) is 9.78 Å². The molecule has 0 saturated heterocycles. The number of hydrogen-bond donors (Lipinski definition) is 2. The summed E-state index contributed by atoms with van der Waals surface area (Å²) >= 11 is 0. The van der Waals surface area contributed by atoms with E-state index >= 15 is 0 Å². The molecule has 0 unspecified atom stereocenters. The van der Waals surface area contributed by atoms with Crippen LogP contribution in [0.1, 0.15) is 44.6 Å². The highest BCUT2D eigenvalue weighted by atomic mass is 15.3. The van der Waals surface area contributed by atoms with Gasteiger partial charge in [-0.15, -0.1) is 0 Å². The summed E-state index contributed by atoms with van der Waals surface area (Å²) in [6, 6.07) is 2.21. The predicted octanol–water partition coefficient (Wildman–Crippen LogP) is 1.94. The molecule has 4 N–H and O–H groups in total. The minimum Gasteiger partial charge on any atom is -0.384 e. The van der Waals surface area contributed by atoms with E-state index in [1.807, 2.05) is 4.68 Å². The van der Waals surface area contributed by atoms with Gasteiger partial charge in [-0.25, -0.2) is 4.68 Å². The third-order valence-corrected chi connectivity index (χ3v) is 2.95. The topological polar surface area (TPSA) is 69.9 Å². The average molecular weight is 194 g/mol. The van der Waals surface area contributed by atoms with Crippen molar-refractivity contribution in [3.63, 3.8) is 0 Å². The molecule has 1 fully saturated rings. The van der Waals surface area contributed by atoms with Crippen LogP contribution >= 0.6 is 0 Å². The maximum atomic E-state index is 5.84. The summed E-state index contributed by atoms with van der Waals surface area (Å²) in [5, 5.41) is 4.24. The van der Waals surface area contributed by atoms with Crippen LogP contribution in [0.25, 0.3) is 0 Å². The molecular weight excluding hydrogens is 176 g/mol. The van der Waals surface area contributed by atoms with Crippen LogP contribution in [0, 0.1) is 0 Å². The summed E-state index contributed by atoms with van der Waals surface area (Å²) in [5.41, 5.74) is 11.5. The molecular formula is C10H18N4. The number of rotatable bonds is 1. The minimum atomic E-state index is 0.467. The molecule has 1 aliphatic rings. The van der Waals surface area contributed by atoms with Crippen molar-refractivity contribution in [2.24, 2.45) is 0 Å². The Labute approximate surface area is 84.3 Å². The maximum Gasteiger partial charge on any atom is 0.147 e. The third-order valence-electron chi connectivity index (χ3n) is 2.95. The Bertz CT molecular complexity index is 297. The first-order valence-corrected chi connectivity index (χ1v) is 5.38. The molecule has 4 nitrogen and oxygen atoms in total. The number of nitrogens with two attached hydrogens (primary N) is 2. The largest absolute Gasteiger partial charge is 0.384 e. The van der Waals surface area contributed by atoms with E-state index in [0.717, 1.165) is 0 Å². The van der Waals surface area contributed by atoms with Crippen molar-refractivity contribution in [1.82, 2.24) is 9.78 Å². The van der Waals surface area contributed by atoms with E-state index in [1.165, 1.54) is 38.5 Å². The molecule has 0 amide bonds. The van der Waals surface area contributed by atoms with Crippen molar-refractivity contribution in [2.45, 2.75) is 44.6 Å². The lowest BCUT2D eigenvalue weighted by Crippen LogP contribution is -2.12. The summed E-state index contributed by atoms with van der Waals surface area (Å²) < 4.78 is 1.90. The van der Waals surface area contributed by atoms with Gasteiger partial charge in [-0.1, -0.05) is 25.7 Å². The Hall–Kier alpha value is -1.19. The van der Waals surface area contributed by atoms with Gasteiger partial charge in [-0.2, -0.15) is 5.10 Å². The van der Waals surface area contributed by atoms with Crippen molar-refractivity contribution < 1.29 is 0 Å². The van der Waals surface area contributed by atoms with Gasteiger partial charge in [0.1, 0.15) is 11.6 Å². The summed E-state index contributed by atoms with van der Waals surface area (Å²) in [6.07, 6.45) is 7.62. The quantitative estimate of drug-likeness (QED) is 0.671. The normalized spacial score (nSPS) is 19.4. The zero-order valence-corrected chi connectivity index (χ0v) is 8.45. The number of nitrogens with zero attached hydrogens (tertiary/aromatic N) is 2. The van der Waals surface area contributed by atoms with E-state index in [0.29, 0.717) is 17.7 Å².